The minimum absolute atomic E-state index is 0.0525. The van der Waals surface area contributed by atoms with Gasteiger partial charge in [-0.3, -0.25) is 9.59 Å². The minimum Gasteiger partial charge on any atom is -0.493 e. The molecule has 2 aromatic carbocycles. The summed E-state index contributed by atoms with van der Waals surface area (Å²) in [5.41, 5.74) is 1.52. The van der Waals surface area contributed by atoms with Gasteiger partial charge in [-0.25, -0.2) is 0 Å². The number of ether oxygens (including phenoxy) is 3. The number of aryl methyl sites for hydroxylation is 1. The number of rotatable bonds is 15. The fourth-order valence-corrected chi connectivity index (χ4v) is 4.57. The standard InChI is InChI=1S/C30H37BrN2O6/c1-5-38-17-7-15-33(30(35)24-8-6-9-25(31)19-24)21-29(34)32(20-26-12-10-22(2)39-26)16-14-23-11-13-27(36-3)28(18-23)37-4/h6,8-13,18-19H,5,7,14-17,20-21H2,1-4H3. The van der Waals surface area contributed by atoms with Crippen LogP contribution in [0.2, 0.25) is 0 Å². The maximum Gasteiger partial charge on any atom is 0.254 e. The molecule has 0 radical (unpaired) electrons. The van der Waals surface area contributed by atoms with Crippen LogP contribution in [0.4, 0.5) is 0 Å². The molecule has 0 saturated carbocycles. The number of halogens is 1. The van der Waals surface area contributed by atoms with Crippen LogP contribution >= 0.6 is 15.9 Å². The molecule has 39 heavy (non-hydrogen) atoms. The van der Waals surface area contributed by atoms with Gasteiger partial charge < -0.3 is 28.4 Å². The van der Waals surface area contributed by atoms with Crippen LogP contribution < -0.4 is 9.47 Å². The predicted octanol–water partition coefficient (Wildman–Crippen LogP) is 5.51. The smallest absolute Gasteiger partial charge is 0.254 e. The summed E-state index contributed by atoms with van der Waals surface area (Å²) in [6.45, 7) is 6.01. The van der Waals surface area contributed by atoms with E-state index in [9.17, 15) is 9.59 Å². The van der Waals surface area contributed by atoms with Gasteiger partial charge in [0.05, 0.1) is 20.8 Å². The van der Waals surface area contributed by atoms with Crippen LogP contribution in [-0.4, -0.2) is 68.7 Å². The van der Waals surface area contributed by atoms with Gasteiger partial charge in [-0.15, -0.1) is 0 Å². The first-order valence-corrected chi connectivity index (χ1v) is 13.8. The van der Waals surface area contributed by atoms with Crippen molar-refractivity contribution in [3.63, 3.8) is 0 Å². The molecule has 0 N–H and O–H groups in total. The second kappa shape index (κ2) is 15.3. The molecule has 1 heterocycles. The number of hydrogen-bond donors (Lipinski definition) is 0. The zero-order valence-corrected chi connectivity index (χ0v) is 24.7. The van der Waals surface area contributed by atoms with Crippen LogP contribution in [-0.2, 0) is 22.5 Å². The quantitative estimate of drug-likeness (QED) is 0.214. The largest absolute Gasteiger partial charge is 0.493 e. The van der Waals surface area contributed by atoms with Crippen LogP contribution in [0.25, 0.3) is 0 Å². The Kier molecular flexibility index (Phi) is 11.9. The summed E-state index contributed by atoms with van der Waals surface area (Å²) >= 11 is 3.43. The summed E-state index contributed by atoms with van der Waals surface area (Å²) in [6, 6.07) is 16.7. The van der Waals surface area contributed by atoms with Gasteiger partial charge in [-0.1, -0.05) is 28.1 Å². The molecule has 0 unspecified atom stereocenters. The molecular weight excluding hydrogens is 564 g/mol. The van der Waals surface area contributed by atoms with Crippen molar-refractivity contribution in [1.82, 2.24) is 9.80 Å². The molecule has 2 amide bonds. The maximum atomic E-state index is 13.7. The number of nitrogens with zero attached hydrogens (tertiary/aromatic N) is 2. The Hall–Kier alpha value is -3.30. The molecule has 1 aromatic heterocycles. The van der Waals surface area contributed by atoms with E-state index in [1.54, 1.807) is 36.2 Å². The lowest BCUT2D eigenvalue weighted by Crippen LogP contribution is -2.44. The maximum absolute atomic E-state index is 13.7. The lowest BCUT2D eigenvalue weighted by molar-refractivity contribution is -0.132. The van der Waals surface area contributed by atoms with Crippen molar-refractivity contribution in [1.29, 1.82) is 0 Å². The van der Waals surface area contributed by atoms with Crippen LogP contribution in [0.15, 0.2) is 63.5 Å². The van der Waals surface area contributed by atoms with E-state index in [0.717, 1.165) is 15.8 Å². The van der Waals surface area contributed by atoms with Crippen molar-refractivity contribution < 1.29 is 28.2 Å². The summed E-state index contributed by atoms with van der Waals surface area (Å²) in [7, 11) is 3.19. The van der Waals surface area contributed by atoms with Crippen molar-refractivity contribution in [2.75, 3.05) is 47.1 Å². The average molecular weight is 602 g/mol. The van der Waals surface area contributed by atoms with Gasteiger partial charge >= 0.3 is 0 Å². The molecule has 210 valence electrons. The van der Waals surface area contributed by atoms with E-state index in [-0.39, 0.29) is 18.4 Å². The first-order valence-electron chi connectivity index (χ1n) is 13.0. The summed E-state index contributed by atoms with van der Waals surface area (Å²) in [5, 5.41) is 0. The molecule has 8 nitrogen and oxygen atoms in total. The highest BCUT2D eigenvalue weighted by molar-refractivity contribution is 9.10. The molecule has 0 aliphatic rings. The van der Waals surface area contributed by atoms with Crippen LogP contribution in [0.1, 0.15) is 40.8 Å². The second-order valence-electron chi connectivity index (χ2n) is 9.05. The Balaban J connectivity index is 1.79. The highest BCUT2D eigenvalue weighted by Crippen LogP contribution is 2.28. The molecule has 0 aliphatic carbocycles. The van der Waals surface area contributed by atoms with Gasteiger partial charge in [0.2, 0.25) is 5.91 Å². The highest BCUT2D eigenvalue weighted by atomic mass is 79.9. The minimum atomic E-state index is -0.199. The van der Waals surface area contributed by atoms with E-state index >= 15 is 0 Å². The van der Waals surface area contributed by atoms with Gasteiger partial charge in [0, 0.05) is 36.3 Å². The van der Waals surface area contributed by atoms with Gasteiger partial charge in [-0.2, -0.15) is 0 Å². The van der Waals surface area contributed by atoms with E-state index in [4.69, 9.17) is 18.6 Å². The zero-order chi connectivity index (χ0) is 28.2. The molecule has 3 rings (SSSR count). The molecular formula is C30H37BrN2O6. The molecule has 0 atom stereocenters. The molecule has 3 aromatic rings. The summed E-state index contributed by atoms with van der Waals surface area (Å²) in [6.07, 6.45) is 1.22. The third-order valence-electron chi connectivity index (χ3n) is 6.22. The Bertz CT molecular complexity index is 1230. The zero-order valence-electron chi connectivity index (χ0n) is 23.1. The van der Waals surface area contributed by atoms with Crippen LogP contribution in [0, 0.1) is 6.92 Å². The summed E-state index contributed by atoms with van der Waals surface area (Å²) < 4.78 is 22.8. The number of benzene rings is 2. The number of hydrogen-bond acceptors (Lipinski definition) is 6. The lowest BCUT2D eigenvalue weighted by Gasteiger charge is -2.27. The lowest BCUT2D eigenvalue weighted by atomic mass is 10.1. The van der Waals surface area contributed by atoms with Crippen molar-refractivity contribution in [3.8, 4) is 11.5 Å². The van der Waals surface area contributed by atoms with Gasteiger partial charge in [0.15, 0.2) is 11.5 Å². The van der Waals surface area contributed by atoms with Crippen molar-refractivity contribution in [3.05, 3.63) is 81.7 Å². The molecule has 0 spiro atoms. The number of amides is 2. The summed E-state index contributed by atoms with van der Waals surface area (Å²) in [5.74, 6) is 2.39. The third-order valence-corrected chi connectivity index (χ3v) is 6.71. The Morgan fingerprint density at radius 1 is 0.949 bits per heavy atom. The first kappa shape index (κ1) is 30.2. The molecule has 0 aliphatic heterocycles. The molecule has 9 heteroatoms. The average Bonchev–Trinajstić information content (AvgIpc) is 3.36. The Morgan fingerprint density at radius 2 is 1.74 bits per heavy atom. The molecule has 0 saturated heterocycles. The van der Waals surface area contributed by atoms with E-state index < -0.39 is 0 Å². The fourth-order valence-electron chi connectivity index (χ4n) is 4.17. The van der Waals surface area contributed by atoms with Crippen molar-refractivity contribution in [2.24, 2.45) is 0 Å². The SMILES string of the molecule is CCOCCCN(CC(=O)N(CCc1ccc(OC)c(OC)c1)Cc1ccc(C)o1)C(=O)c1cccc(Br)c1. The van der Waals surface area contributed by atoms with Gasteiger partial charge in [-0.05, 0) is 74.7 Å². The second-order valence-corrected chi connectivity index (χ2v) is 9.97. The first-order chi connectivity index (χ1) is 18.8. The normalized spacial score (nSPS) is 10.8. The van der Waals surface area contributed by atoms with Gasteiger partial charge in [0.1, 0.15) is 18.1 Å². The Labute approximate surface area is 239 Å². The van der Waals surface area contributed by atoms with E-state index in [1.165, 1.54) is 0 Å². The van der Waals surface area contributed by atoms with Gasteiger partial charge in [0.25, 0.3) is 5.91 Å². The number of carbonyl (C=O) groups is 2. The predicted molar refractivity (Wildman–Crippen MR) is 153 cm³/mol. The third kappa shape index (κ3) is 9.14. The number of methoxy groups -OCH3 is 2. The van der Waals surface area contributed by atoms with Crippen molar-refractivity contribution >= 4 is 27.7 Å². The molecule has 0 fully saturated rings. The number of carbonyl (C=O) groups excluding carboxylic acids is 2. The monoisotopic (exact) mass is 600 g/mol. The van der Waals surface area contributed by atoms with E-state index in [2.05, 4.69) is 15.9 Å². The molecule has 0 bridgehead atoms. The summed E-state index contributed by atoms with van der Waals surface area (Å²) in [4.78, 5) is 30.5. The van der Waals surface area contributed by atoms with Crippen LogP contribution in [0.5, 0.6) is 11.5 Å². The highest BCUT2D eigenvalue weighted by Gasteiger charge is 2.23. The van der Waals surface area contributed by atoms with Crippen molar-refractivity contribution in [2.45, 2.75) is 33.2 Å². The van der Waals surface area contributed by atoms with E-state index in [0.29, 0.717) is 68.5 Å². The topological polar surface area (TPSA) is 81.5 Å². The van der Waals surface area contributed by atoms with Crippen LogP contribution in [0.3, 0.4) is 0 Å². The Morgan fingerprint density at radius 3 is 2.41 bits per heavy atom. The van der Waals surface area contributed by atoms with E-state index in [1.807, 2.05) is 56.3 Å². The fraction of sp³-hybridized carbons (Fsp3) is 0.400. The number of furan rings is 1.